The first-order chi connectivity index (χ1) is 12.1. The maximum Gasteiger partial charge on any atom is 0.148 e. The zero-order chi connectivity index (χ0) is 18.9. The summed E-state index contributed by atoms with van der Waals surface area (Å²) in [5.74, 6) is 0.258. The molecule has 1 aliphatic rings. The lowest BCUT2D eigenvalue weighted by molar-refractivity contribution is 0.197. The smallest absolute Gasteiger partial charge is 0.148 e. The van der Waals surface area contributed by atoms with Crippen LogP contribution < -0.4 is 5.32 Å². The lowest BCUT2D eigenvalue weighted by atomic mass is 10.0. The SMILES string of the molecule is CC(C)(C)Nc1ccc2c(ccn2C2CCN(CCS(C)(=O)=O)CC2)c1. The van der Waals surface area contributed by atoms with E-state index in [1.54, 1.807) is 0 Å². The number of hydrogen-bond donors (Lipinski definition) is 1. The van der Waals surface area contributed by atoms with Gasteiger partial charge in [-0.2, -0.15) is 0 Å². The van der Waals surface area contributed by atoms with E-state index in [0.29, 0.717) is 12.6 Å². The lowest BCUT2D eigenvalue weighted by Gasteiger charge is -2.33. The van der Waals surface area contributed by atoms with Crippen LogP contribution in [0.2, 0.25) is 0 Å². The number of piperidine rings is 1. The number of anilines is 1. The molecule has 0 bridgehead atoms. The summed E-state index contributed by atoms with van der Waals surface area (Å²) in [6.45, 7) is 9.08. The van der Waals surface area contributed by atoms with E-state index in [2.05, 4.69) is 66.0 Å². The number of likely N-dealkylation sites (tertiary alicyclic amines) is 1. The molecule has 1 N–H and O–H groups in total. The van der Waals surface area contributed by atoms with Crippen LogP contribution in [0.15, 0.2) is 30.5 Å². The molecule has 2 heterocycles. The van der Waals surface area contributed by atoms with Gasteiger partial charge in [0, 0.05) is 60.3 Å². The average molecular weight is 378 g/mol. The number of hydrogen-bond acceptors (Lipinski definition) is 4. The van der Waals surface area contributed by atoms with Gasteiger partial charge in [0.25, 0.3) is 0 Å². The van der Waals surface area contributed by atoms with Crippen LogP contribution in [0.3, 0.4) is 0 Å². The zero-order valence-corrected chi connectivity index (χ0v) is 17.1. The number of aromatic nitrogens is 1. The number of nitrogens with zero attached hydrogens (tertiary/aromatic N) is 2. The van der Waals surface area contributed by atoms with Gasteiger partial charge in [-0.1, -0.05) is 0 Å². The van der Waals surface area contributed by atoms with E-state index in [4.69, 9.17) is 0 Å². The Bertz CT molecular complexity index is 857. The van der Waals surface area contributed by atoms with Gasteiger partial charge in [0.2, 0.25) is 0 Å². The minimum absolute atomic E-state index is 0.0506. The highest BCUT2D eigenvalue weighted by atomic mass is 32.2. The Balaban J connectivity index is 1.66. The molecule has 0 unspecified atom stereocenters. The van der Waals surface area contributed by atoms with Crippen molar-refractivity contribution in [3.63, 3.8) is 0 Å². The van der Waals surface area contributed by atoms with Crippen molar-refractivity contribution in [1.82, 2.24) is 9.47 Å². The van der Waals surface area contributed by atoms with Gasteiger partial charge in [-0.25, -0.2) is 8.42 Å². The highest BCUT2D eigenvalue weighted by molar-refractivity contribution is 7.90. The number of benzene rings is 1. The molecule has 0 atom stereocenters. The first-order valence-electron chi connectivity index (χ1n) is 9.40. The first kappa shape index (κ1) is 19.2. The number of rotatable bonds is 5. The predicted molar refractivity (Wildman–Crippen MR) is 110 cm³/mol. The van der Waals surface area contributed by atoms with Gasteiger partial charge in [0.1, 0.15) is 9.84 Å². The van der Waals surface area contributed by atoms with Crippen molar-refractivity contribution in [2.45, 2.75) is 45.2 Å². The first-order valence-corrected chi connectivity index (χ1v) is 11.5. The summed E-state index contributed by atoms with van der Waals surface area (Å²) in [5, 5.41) is 4.79. The summed E-state index contributed by atoms with van der Waals surface area (Å²) >= 11 is 0. The molecule has 6 heteroatoms. The third-order valence-corrected chi connectivity index (χ3v) is 5.89. The van der Waals surface area contributed by atoms with Crippen LogP contribution in [0.25, 0.3) is 10.9 Å². The number of sulfone groups is 1. The van der Waals surface area contributed by atoms with Crippen LogP contribution in [0.5, 0.6) is 0 Å². The second-order valence-corrected chi connectivity index (χ2v) is 10.8. The highest BCUT2D eigenvalue weighted by Gasteiger charge is 2.22. The van der Waals surface area contributed by atoms with E-state index < -0.39 is 9.84 Å². The maximum atomic E-state index is 11.3. The van der Waals surface area contributed by atoms with Gasteiger partial charge >= 0.3 is 0 Å². The van der Waals surface area contributed by atoms with E-state index in [-0.39, 0.29) is 11.3 Å². The molecule has 2 aromatic rings. The van der Waals surface area contributed by atoms with Crippen LogP contribution in [-0.4, -0.2) is 55.1 Å². The topological polar surface area (TPSA) is 54.3 Å². The van der Waals surface area contributed by atoms with Crippen molar-refractivity contribution < 1.29 is 8.42 Å². The minimum atomic E-state index is -2.88. The van der Waals surface area contributed by atoms with Gasteiger partial charge in [-0.3, -0.25) is 0 Å². The average Bonchev–Trinajstić information content (AvgIpc) is 2.94. The largest absolute Gasteiger partial charge is 0.380 e. The van der Waals surface area contributed by atoms with E-state index in [9.17, 15) is 8.42 Å². The molecule has 1 aromatic heterocycles. The summed E-state index contributed by atoms with van der Waals surface area (Å²) in [6.07, 6.45) is 5.64. The molecule has 5 nitrogen and oxygen atoms in total. The van der Waals surface area contributed by atoms with Gasteiger partial charge in [0.15, 0.2) is 0 Å². The Morgan fingerprint density at radius 1 is 1.15 bits per heavy atom. The summed E-state index contributed by atoms with van der Waals surface area (Å²) in [5.41, 5.74) is 2.48. The van der Waals surface area contributed by atoms with E-state index in [0.717, 1.165) is 31.6 Å². The van der Waals surface area contributed by atoms with E-state index in [1.807, 2.05) is 0 Å². The molecule has 0 aliphatic carbocycles. The third kappa shape index (κ3) is 5.01. The molecule has 3 rings (SSSR count). The lowest BCUT2D eigenvalue weighted by Crippen LogP contribution is -2.37. The molecule has 0 radical (unpaired) electrons. The molecule has 0 saturated carbocycles. The standard InChI is InChI=1S/C20H31N3O2S/c1-20(2,3)21-17-5-6-19-16(15-17)7-12-23(19)18-8-10-22(11-9-18)13-14-26(4,24)25/h5-7,12,15,18,21H,8-11,13-14H2,1-4H3. The van der Waals surface area contributed by atoms with Crippen LogP contribution in [-0.2, 0) is 9.84 Å². The molecule has 1 saturated heterocycles. The van der Waals surface area contributed by atoms with Crippen molar-refractivity contribution in [2.24, 2.45) is 0 Å². The second kappa shape index (κ2) is 7.24. The van der Waals surface area contributed by atoms with Crippen molar-refractivity contribution in [2.75, 3.05) is 37.0 Å². The van der Waals surface area contributed by atoms with Crippen molar-refractivity contribution in [3.8, 4) is 0 Å². The van der Waals surface area contributed by atoms with E-state index >= 15 is 0 Å². The summed E-state index contributed by atoms with van der Waals surface area (Å²) in [7, 11) is -2.88. The van der Waals surface area contributed by atoms with Gasteiger partial charge in [-0.05, 0) is 57.9 Å². The Hall–Kier alpha value is -1.53. The molecule has 0 amide bonds. The van der Waals surface area contributed by atoms with Crippen LogP contribution in [0.4, 0.5) is 5.69 Å². The molecule has 0 spiro atoms. The van der Waals surface area contributed by atoms with Crippen LogP contribution in [0.1, 0.15) is 39.7 Å². The van der Waals surface area contributed by atoms with Crippen molar-refractivity contribution in [3.05, 3.63) is 30.5 Å². The van der Waals surface area contributed by atoms with Gasteiger partial charge in [-0.15, -0.1) is 0 Å². The third-order valence-electron chi connectivity index (χ3n) is 4.97. The predicted octanol–water partition coefficient (Wildman–Crippen LogP) is 3.53. The monoisotopic (exact) mass is 377 g/mol. The molecule has 1 aliphatic heterocycles. The fourth-order valence-corrected chi connectivity index (χ4v) is 4.30. The molecule has 1 fully saturated rings. The second-order valence-electron chi connectivity index (χ2n) is 8.57. The molecular weight excluding hydrogens is 346 g/mol. The summed E-state index contributed by atoms with van der Waals surface area (Å²) in [6, 6.07) is 9.27. The zero-order valence-electron chi connectivity index (χ0n) is 16.3. The van der Waals surface area contributed by atoms with Crippen LogP contribution in [0, 0.1) is 0 Å². The fourth-order valence-electron chi connectivity index (χ4n) is 3.71. The van der Waals surface area contributed by atoms with Gasteiger partial charge in [0.05, 0.1) is 5.75 Å². The number of fused-ring (bicyclic) bond motifs is 1. The normalized spacial score (nSPS) is 17.7. The Labute approximate surface area is 157 Å². The van der Waals surface area contributed by atoms with Crippen molar-refractivity contribution in [1.29, 1.82) is 0 Å². The molecule has 1 aromatic carbocycles. The fraction of sp³-hybridized carbons (Fsp3) is 0.600. The van der Waals surface area contributed by atoms with E-state index in [1.165, 1.54) is 17.2 Å². The van der Waals surface area contributed by atoms with Gasteiger partial charge < -0.3 is 14.8 Å². The quantitative estimate of drug-likeness (QED) is 0.866. The molecule has 26 heavy (non-hydrogen) atoms. The minimum Gasteiger partial charge on any atom is -0.380 e. The van der Waals surface area contributed by atoms with Crippen LogP contribution >= 0.6 is 0 Å². The number of nitrogens with one attached hydrogen (secondary N) is 1. The Morgan fingerprint density at radius 3 is 2.46 bits per heavy atom. The summed E-state index contributed by atoms with van der Waals surface area (Å²) in [4.78, 5) is 2.27. The molecule has 144 valence electrons. The maximum absolute atomic E-state index is 11.3. The molecular formula is C20H31N3O2S. The Morgan fingerprint density at radius 2 is 1.85 bits per heavy atom. The van der Waals surface area contributed by atoms with Crippen molar-refractivity contribution >= 4 is 26.4 Å². The highest BCUT2D eigenvalue weighted by Crippen LogP contribution is 2.29. The Kier molecular flexibility index (Phi) is 5.35. The summed E-state index contributed by atoms with van der Waals surface area (Å²) < 4.78 is 25.1.